The van der Waals surface area contributed by atoms with E-state index in [9.17, 15) is 14.7 Å². The summed E-state index contributed by atoms with van der Waals surface area (Å²) < 4.78 is 16.3. The van der Waals surface area contributed by atoms with Gasteiger partial charge in [-0.15, -0.1) is 0 Å². The summed E-state index contributed by atoms with van der Waals surface area (Å²) in [6, 6.07) is 0. The fraction of sp³-hybridized carbons (Fsp3) is 0.895. The first-order valence-corrected chi connectivity index (χ1v) is 9.65. The number of imide groups is 1. The maximum atomic E-state index is 12.6. The van der Waals surface area contributed by atoms with E-state index in [4.69, 9.17) is 14.2 Å². The fourth-order valence-electron chi connectivity index (χ4n) is 3.04. The lowest BCUT2D eigenvalue weighted by Gasteiger charge is -2.34. The van der Waals surface area contributed by atoms with Crippen molar-refractivity contribution in [3.63, 3.8) is 0 Å². The average molecular weight is 373 g/mol. The van der Waals surface area contributed by atoms with E-state index in [-0.39, 0.29) is 12.2 Å². The van der Waals surface area contributed by atoms with Crippen molar-refractivity contribution in [1.29, 1.82) is 0 Å². The van der Waals surface area contributed by atoms with E-state index >= 15 is 0 Å². The van der Waals surface area contributed by atoms with Gasteiger partial charge in [-0.2, -0.15) is 0 Å². The number of aliphatic hydroxyl groups excluding tert-OH is 1. The molecule has 26 heavy (non-hydrogen) atoms. The molecule has 0 aliphatic carbocycles. The third-order valence-electron chi connectivity index (χ3n) is 4.20. The number of hydrogen-bond acceptors (Lipinski definition) is 6. The number of aliphatic hydroxyl groups is 1. The predicted molar refractivity (Wildman–Crippen MR) is 97.6 cm³/mol. The molecule has 1 N–H and O–H groups in total. The van der Waals surface area contributed by atoms with Crippen molar-refractivity contribution < 1.29 is 28.9 Å². The molecule has 1 heterocycles. The van der Waals surface area contributed by atoms with E-state index in [1.165, 1.54) is 0 Å². The number of ether oxygens (including phenoxy) is 3. The molecule has 0 bridgehead atoms. The number of hydrogen-bond donors (Lipinski definition) is 1. The quantitative estimate of drug-likeness (QED) is 0.625. The number of nitrogens with zero attached hydrogens (tertiary/aromatic N) is 1. The second-order valence-corrected chi connectivity index (χ2v) is 7.56. The van der Waals surface area contributed by atoms with Crippen molar-refractivity contribution in [2.45, 2.75) is 84.7 Å². The summed E-state index contributed by atoms with van der Waals surface area (Å²) in [5.74, 6) is -0.905. The summed E-state index contributed by atoms with van der Waals surface area (Å²) in [5, 5.41) is 10.5. The van der Waals surface area contributed by atoms with Gasteiger partial charge in [-0.25, -0.2) is 9.69 Å². The Morgan fingerprint density at radius 3 is 2.38 bits per heavy atom. The maximum Gasteiger partial charge on any atom is 0.417 e. The number of rotatable bonds is 9. The molecule has 0 aromatic rings. The normalized spacial score (nSPS) is 19.7. The Hall–Kier alpha value is -1.18. The molecule has 2 atom stereocenters. The van der Waals surface area contributed by atoms with E-state index in [0.29, 0.717) is 51.9 Å². The average Bonchev–Trinajstić information content (AvgIpc) is 2.53. The minimum Gasteiger partial charge on any atom is -0.443 e. The first kappa shape index (κ1) is 22.9. The van der Waals surface area contributed by atoms with Crippen LogP contribution in [-0.2, 0) is 19.0 Å². The van der Waals surface area contributed by atoms with E-state index in [0.717, 1.165) is 4.90 Å². The Kier molecular flexibility index (Phi) is 9.54. The summed E-state index contributed by atoms with van der Waals surface area (Å²) in [5.41, 5.74) is -0.656. The molecule has 0 aromatic carbocycles. The summed E-state index contributed by atoms with van der Waals surface area (Å²) in [4.78, 5) is 26.0. The number of piperidine rings is 1. The lowest BCUT2D eigenvalue weighted by molar-refractivity contribution is -0.144. The van der Waals surface area contributed by atoms with E-state index in [1.807, 2.05) is 13.8 Å². The summed E-state index contributed by atoms with van der Waals surface area (Å²) in [6.45, 7) is 10.6. The van der Waals surface area contributed by atoms with Crippen LogP contribution in [0.2, 0.25) is 0 Å². The molecular weight excluding hydrogens is 338 g/mol. The van der Waals surface area contributed by atoms with Crippen molar-refractivity contribution in [1.82, 2.24) is 4.90 Å². The van der Waals surface area contributed by atoms with Gasteiger partial charge in [-0.3, -0.25) is 4.79 Å². The molecule has 1 fully saturated rings. The SMILES string of the molecule is CCOC(CCCC(O)C1CCCN(C(=O)OC(C)(C)C)C1=O)OCC. The van der Waals surface area contributed by atoms with Crippen molar-refractivity contribution in [3.8, 4) is 0 Å². The van der Waals surface area contributed by atoms with Crippen molar-refractivity contribution >= 4 is 12.0 Å². The van der Waals surface area contributed by atoms with Crippen LogP contribution in [0.4, 0.5) is 4.79 Å². The van der Waals surface area contributed by atoms with Gasteiger partial charge in [0.25, 0.3) is 0 Å². The number of carbonyl (C=O) groups excluding carboxylic acids is 2. The summed E-state index contributed by atoms with van der Waals surface area (Å²) >= 11 is 0. The first-order chi connectivity index (χ1) is 12.2. The molecule has 152 valence electrons. The number of likely N-dealkylation sites (tertiary alicyclic amines) is 1. The predicted octanol–water partition coefficient (Wildman–Crippen LogP) is 3.09. The van der Waals surface area contributed by atoms with Crippen LogP contribution >= 0.6 is 0 Å². The van der Waals surface area contributed by atoms with Crippen molar-refractivity contribution in [3.05, 3.63) is 0 Å². The molecule has 1 saturated heterocycles. The van der Waals surface area contributed by atoms with Crippen LogP contribution in [0.25, 0.3) is 0 Å². The molecular formula is C19H35NO6. The minimum absolute atomic E-state index is 0.280. The largest absolute Gasteiger partial charge is 0.443 e. The van der Waals surface area contributed by atoms with Gasteiger partial charge >= 0.3 is 6.09 Å². The second kappa shape index (κ2) is 10.8. The van der Waals surface area contributed by atoms with E-state index in [2.05, 4.69) is 0 Å². The Morgan fingerprint density at radius 2 is 1.85 bits per heavy atom. The molecule has 1 aliphatic heterocycles. The standard InChI is InChI=1S/C19H35NO6/c1-6-24-16(25-7-2)12-8-11-15(21)14-10-9-13-20(17(14)22)18(23)26-19(3,4)5/h14-16,21H,6-13H2,1-5H3. The van der Waals surface area contributed by atoms with Gasteiger partial charge in [0.2, 0.25) is 5.91 Å². The molecule has 0 spiro atoms. The van der Waals surface area contributed by atoms with Gasteiger partial charge in [0.15, 0.2) is 6.29 Å². The van der Waals surface area contributed by atoms with Gasteiger partial charge in [0.1, 0.15) is 5.60 Å². The molecule has 2 amide bonds. The zero-order valence-electron chi connectivity index (χ0n) is 16.8. The summed E-state index contributed by atoms with van der Waals surface area (Å²) in [6.07, 6.45) is 1.38. The van der Waals surface area contributed by atoms with Gasteiger partial charge < -0.3 is 19.3 Å². The second-order valence-electron chi connectivity index (χ2n) is 7.56. The number of carbonyl (C=O) groups is 2. The van der Waals surface area contributed by atoms with Gasteiger partial charge in [-0.05, 0) is 66.7 Å². The van der Waals surface area contributed by atoms with E-state index < -0.39 is 23.7 Å². The zero-order valence-corrected chi connectivity index (χ0v) is 16.8. The molecule has 7 nitrogen and oxygen atoms in total. The van der Waals surface area contributed by atoms with Gasteiger partial charge in [0, 0.05) is 19.8 Å². The van der Waals surface area contributed by atoms with Gasteiger partial charge in [-0.1, -0.05) is 0 Å². The fourth-order valence-corrected chi connectivity index (χ4v) is 3.04. The highest BCUT2D eigenvalue weighted by molar-refractivity contribution is 5.94. The Morgan fingerprint density at radius 1 is 1.23 bits per heavy atom. The lowest BCUT2D eigenvalue weighted by atomic mass is 9.89. The zero-order chi connectivity index (χ0) is 19.7. The van der Waals surface area contributed by atoms with Crippen LogP contribution < -0.4 is 0 Å². The topological polar surface area (TPSA) is 85.3 Å². The van der Waals surface area contributed by atoms with Crippen LogP contribution in [0.3, 0.4) is 0 Å². The highest BCUT2D eigenvalue weighted by atomic mass is 16.7. The molecule has 1 aliphatic rings. The highest BCUT2D eigenvalue weighted by Gasteiger charge is 2.38. The first-order valence-electron chi connectivity index (χ1n) is 9.65. The lowest BCUT2D eigenvalue weighted by Crippen LogP contribution is -2.49. The number of amides is 2. The van der Waals surface area contributed by atoms with Crippen molar-refractivity contribution in [2.75, 3.05) is 19.8 Å². The Bertz CT molecular complexity index is 442. The van der Waals surface area contributed by atoms with Crippen LogP contribution in [0.15, 0.2) is 0 Å². The van der Waals surface area contributed by atoms with Crippen LogP contribution in [-0.4, -0.2) is 59.8 Å². The molecule has 1 rings (SSSR count). The Labute approximate surface area is 157 Å². The Balaban J connectivity index is 2.53. The monoisotopic (exact) mass is 373 g/mol. The molecule has 2 unspecified atom stereocenters. The third kappa shape index (κ3) is 7.60. The molecule has 0 radical (unpaired) electrons. The molecule has 0 aromatic heterocycles. The molecule has 7 heteroatoms. The third-order valence-corrected chi connectivity index (χ3v) is 4.20. The van der Waals surface area contributed by atoms with Crippen LogP contribution in [0.1, 0.15) is 66.7 Å². The van der Waals surface area contributed by atoms with Gasteiger partial charge in [0.05, 0.1) is 12.0 Å². The molecule has 0 saturated carbocycles. The minimum atomic E-state index is -0.781. The summed E-state index contributed by atoms with van der Waals surface area (Å²) in [7, 11) is 0. The van der Waals surface area contributed by atoms with Crippen LogP contribution in [0, 0.1) is 5.92 Å². The highest BCUT2D eigenvalue weighted by Crippen LogP contribution is 2.26. The van der Waals surface area contributed by atoms with E-state index in [1.54, 1.807) is 20.8 Å². The maximum absolute atomic E-state index is 12.6. The van der Waals surface area contributed by atoms with Crippen LogP contribution in [0.5, 0.6) is 0 Å². The van der Waals surface area contributed by atoms with Crippen molar-refractivity contribution in [2.24, 2.45) is 5.92 Å². The smallest absolute Gasteiger partial charge is 0.417 e.